The van der Waals surface area contributed by atoms with E-state index in [1.165, 1.54) is 17.8 Å². The molecule has 2 aromatic rings. The van der Waals surface area contributed by atoms with Crippen molar-refractivity contribution in [2.75, 3.05) is 12.4 Å². The number of aliphatic hydroxyl groups is 2. The SMILES string of the molecule is O=C(O)c1sc2cccc(F)c2c1CSCC(O)CO. The second kappa shape index (κ2) is 6.53. The van der Waals surface area contributed by atoms with Crippen LogP contribution in [0.4, 0.5) is 4.39 Å². The summed E-state index contributed by atoms with van der Waals surface area (Å²) >= 11 is 2.31. The topological polar surface area (TPSA) is 77.8 Å². The summed E-state index contributed by atoms with van der Waals surface area (Å²) < 4.78 is 14.5. The van der Waals surface area contributed by atoms with Crippen LogP contribution in [0.1, 0.15) is 15.2 Å². The molecule has 0 radical (unpaired) electrons. The number of hydrogen-bond acceptors (Lipinski definition) is 5. The third-order valence-electron chi connectivity index (χ3n) is 2.72. The number of thioether (sulfide) groups is 1. The van der Waals surface area contributed by atoms with E-state index < -0.39 is 17.9 Å². The van der Waals surface area contributed by atoms with E-state index in [4.69, 9.17) is 5.11 Å². The van der Waals surface area contributed by atoms with Gasteiger partial charge in [0.05, 0.1) is 12.7 Å². The van der Waals surface area contributed by atoms with Crippen LogP contribution in [0.2, 0.25) is 0 Å². The first-order chi connectivity index (χ1) is 9.54. The van der Waals surface area contributed by atoms with Gasteiger partial charge in [-0.3, -0.25) is 0 Å². The number of fused-ring (bicyclic) bond motifs is 1. The molecule has 0 bridgehead atoms. The molecular formula is C13H13FO4S2. The number of thiophene rings is 1. The summed E-state index contributed by atoms with van der Waals surface area (Å²) in [5, 5.41) is 27.5. The molecular weight excluding hydrogens is 303 g/mol. The predicted molar refractivity (Wildman–Crippen MR) is 78.0 cm³/mol. The normalized spacial score (nSPS) is 12.8. The Labute approximate surface area is 122 Å². The maximum absolute atomic E-state index is 13.9. The smallest absolute Gasteiger partial charge is 0.346 e. The molecule has 1 aromatic heterocycles. The fraction of sp³-hybridized carbons (Fsp3) is 0.308. The van der Waals surface area contributed by atoms with Crippen LogP contribution in [0.25, 0.3) is 10.1 Å². The van der Waals surface area contributed by atoms with Gasteiger partial charge in [0, 0.05) is 21.6 Å². The molecule has 3 N–H and O–H groups in total. The standard InChI is InChI=1S/C13H13FO4S2/c14-9-2-1-3-10-11(9)8(12(20-10)13(17)18)6-19-5-7(16)4-15/h1-3,7,15-16H,4-6H2,(H,17,18). The van der Waals surface area contributed by atoms with E-state index in [0.717, 1.165) is 11.3 Å². The van der Waals surface area contributed by atoms with Crippen molar-refractivity contribution in [3.8, 4) is 0 Å². The molecule has 0 saturated carbocycles. The van der Waals surface area contributed by atoms with E-state index in [1.54, 1.807) is 12.1 Å². The van der Waals surface area contributed by atoms with E-state index in [9.17, 15) is 19.4 Å². The van der Waals surface area contributed by atoms with Crippen molar-refractivity contribution < 1.29 is 24.5 Å². The molecule has 0 amide bonds. The zero-order valence-corrected chi connectivity index (χ0v) is 12.0. The first-order valence-electron chi connectivity index (χ1n) is 5.84. The lowest BCUT2D eigenvalue weighted by atomic mass is 10.1. The van der Waals surface area contributed by atoms with Gasteiger partial charge in [-0.1, -0.05) is 6.07 Å². The minimum absolute atomic E-state index is 0.121. The molecule has 7 heteroatoms. The van der Waals surface area contributed by atoms with Gasteiger partial charge in [0.2, 0.25) is 0 Å². The summed E-state index contributed by atoms with van der Waals surface area (Å²) in [6.07, 6.45) is -0.858. The van der Waals surface area contributed by atoms with Crippen LogP contribution in [-0.4, -0.2) is 39.8 Å². The molecule has 0 aliphatic heterocycles. The van der Waals surface area contributed by atoms with Crippen LogP contribution in [0.3, 0.4) is 0 Å². The van der Waals surface area contributed by atoms with Crippen LogP contribution < -0.4 is 0 Å². The van der Waals surface area contributed by atoms with E-state index >= 15 is 0 Å². The number of halogens is 1. The molecule has 2 rings (SSSR count). The zero-order chi connectivity index (χ0) is 14.7. The van der Waals surface area contributed by atoms with E-state index in [0.29, 0.717) is 15.6 Å². The molecule has 1 unspecified atom stereocenters. The summed E-state index contributed by atoms with van der Waals surface area (Å²) in [6.45, 7) is -0.350. The first-order valence-corrected chi connectivity index (χ1v) is 7.81. The van der Waals surface area contributed by atoms with Crippen molar-refractivity contribution in [2.45, 2.75) is 11.9 Å². The first kappa shape index (κ1) is 15.2. The van der Waals surface area contributed by atoms with Crippen LogP contribution in [0.15, 0.2) is 18.2 Å². The number of aromatic carboxylic acids is 1. The van der Waals surface area contributed by atoms with Crippen LogP contribution in [0, 0.1) is 5.82 Å². The van der Waals surface area contributed by atoms with Gasteiger partial charge in [-0.2, -0.15) is 11.8 Å². The lowest BCUT2D eigenvalue weighted by Gasteiger charge is -2.07. The summed E-state index contributed by atoms with van der Waals surface area (Å²) in [7, 11) is 0. The third kappa shape index (κ3) is 3.12. The largest absolute Gasteiger partial charge is 0.477 e. The second-order valence-electron chi connectivity index (χ2n) is 4.18. The van der Waals surface area contributed by atoms with E-state index in [-0.39, 0.29) is 23.0 Å². The molecule has 0 spiro atoms. The van der Waals surface area contributed by atoms with E-state index in [2.05, 4.69) is 0 Å². The average molecular weight is 316 g/mol. The Morgan fingerprint density at radius 1 is 1.45 bits per heavy atom. The van der Waals surface area contributed by atoms with Gasteiger partial charge in [0.15, 0.2) is 0 Å². The molecule has 0 aliphatic rings. The Kier molecular flexibility index (Phi) is 4.98. The summed E-state index contributed by atoms with van der Waals surface area (Å²) in [5.41, 5.74) is 0.436. The molecule has 1 atom stereocenters. The van der Waals surface area contributed by atoms with Crippen molar-refractivity contribution in [1.29, 1.82) is 0 Å². The fourth-order valence-electron chi connectivity index (χ4n) is 1.83. The number of carbonyl (C=O) groups is 1. The molecule has 0 saturated heterocycles. The summed E-state index contributed by atoms with van der Waals surface area (Å²) in [4.78, 5) is 11.4. The molecule has 108 valence electrons. The van der Waals surface area contributed by atoms with Gasteiger partial charge in [-0.05, 0) is 17.7 Å². The average Bonchev–Trinajstić information content (AvgIpc) is 2.79. The highest BCUT2D eigenvalue weighted by molar-refractivity contribution is 7.98. The Bertz CT molecular complexity index is 626. The molecule has 1 aromatic carbocycles. The van der Waals surface area contributed by atoms with Gasteiger partial charge >= 0.3 is 5.97 Å². The Hall–Kier alpha value is -1.15. The van der Waals surface area contributed by atoms with Gasteiger partial charge < -0.3 is 15.3 Å². The highest BCUT2D eigenvalue weighted by atomic mass is 32.2. The fourth-order valence-corrected chi connectivity index (χ4v) is 3.98. The number of aliphatic hydroxyl groups excluding tert-OH is 2. The number of hydrogen-bond donors (Lipinski definition) is 3. The van der Waals surface area contributed by atoms with Crippen molar-refractivity contribution in [3.05, 3.63) is 34.5 Å². The maximum Gasteiger partial charge on any atom is 0.346 e. The van der Waals surface area contributed by atoms with Crippen molar-refractivity contribution in [1.82, 2.24) is 0 Å². The van der Waals surface area contributed by atoms with Crippen LogP contribution in [-0.2, 0) is 5.75 Å². The molecule has 0 aliphatic carbocycles. The highest BCUT2D eigenvalue weighted by Gasteiger charge is 2.20. The molecule has 4 nitrogen and oxygen atoms in total. The Balaban J connectivity index is 2.34. The predicted octanol–water partition coefficient (Wildman–Crippen LogP) is 2.33. The minimum atomic E-state index is -1.08. The van der Waals surface area contributed by atoms with E-state index in [1.807, 2.05) is 0 Å². The molecule has 20 heavy (non-hydrogen) atoms. The number of carboxylic acid groups (broad SMARTS) is 1. The van der Waals surface area contributed by atoms with Gasteiger partial charge in [-0.25, -0.2) is 9.18 Å². The van der Waals surface area contributed by atoms with Gasteiger partial charge in [-0.15, -0.1) is 11.3 Å². The molecule has 0 fully saturated rings. The Morgan fingerprint density at radius 3 is 2.85 bits per heavy atom. The second-order valence-corrected chi connectivity index (χ2v) is 6.26. The quantitative estimate of drug-likeness (QED) is 0.762. The van der Waals surface area contributed by atoms with Gasteiger partial charge in [0.25, 0.3) is 0 Å². The van der Waals surface area contributed by atoms with Gasteiger partial charge in [0.1, 0.15) is 10.7 Å². The minimum Gasteiger partial charge on any atom is -0.477 e. The third-order valence-corrected chi connectivity index (χ3v) is 5.02. The zero-order valence-electron chi connectivity index (χ0n) is 10.4. The number of carboxylic acids is 1. The number of rotatable bonds is 6. The number of benzene rings is 1. The van der Waals surface area contributed by atoms with Crippen molar-refractivity contribution >= 4 is 39.2 Å². The molecule has 1 heterocycles. The summed E-state index contributed by atoms with van der Waals surface area (Å²) in [5.74, 6) is -0.977. The van der Waals surface area contributed by atoms with Crippen LogP contribution >= 0.6 is 23.1 Å². The Morgan fingerprint density at radius 2 is 2.20 bits per heavy atom. The lowest BCUT2D eigenvalue weighted by molar-refractivity contribution is 0.0701. The lowest BCUT2D eigenvalue weighted by Crippen LogP contribution is -2.14. The monoisotopic (exact) mass is 316 g/mol. The van der Waals surface area contributed by atoms with Crippen molar-refractivity contribution in [3.63, 3.8) is 0 Å². The summed E-state index contributed by atoms with van der Waals surface area (Å²) in [6, 6.07) is 4.54. The maximum atomic E-state index is 13.9. The highest BCUT2D eigenvalue weighted by Crippen LogP contribution is 2.35. The van der Waals surface area contributed by atoms with Crippen molar-refractivity contribution in [2.24, 2.45) is 0 Å². The van der Waals surface area contributed by atoms with Crippen LogP contribution in [0.5, 0.6) is 0 Å².